The maximum atomic E-state index is 12.7. The van der Waals surface area contributed by atoms with E-state index in [1.54, 1.807) is 0 Å². The van der Waals surface area contributed by atoms with E-state index in [0.29, 0.717) is 17.5 Å². The fourth-order valence-electron chi connectivity index (χ4n) is 5.10. The minimum atomic E-state index is 0.00596. The molecule has 5 heteroatoms. The molecule has 36 heavy (non-hydrogen) atoms. The number of nitrogens with one attached hydrogen (secondary N) is 2. The van der Waals surface area contributed by atoms with Gasteiger partial charge in [-0.1, -0.05) is 60.7 Å². The molecule has 1 amide bonds. The van der Waals surface area contributed by atoms with E-state index in [0.717, 1.165) is 54.7 Å². The maximum Gasteiger partial charge on any atom is 0.251 e. The second-order valence-electron chi connectivity index (χ2n) is 9.95. The Hall–Kier alpha value is -3.86. The Morgan fingerprint density at radius 2 is 1.53 bits per heavy atom. The Bertz CT molecular complexity index is 1310. The highest BCUT2D eigenvalue weighted by Crippen LogP contribution is 2.30. The van der Waals surface area contributed by atoms with Crippen molar-refractivity contribution in [1.29, 1.82) is 0 Å². The number of para-hydroxylation sites is 1. The van der Waals surface area contributed by atoms with Gasteiger partial charge in [-0.15, -0.1) is 0 Å². The Labute approximate surface area is 213 Å². The van der Waals surface area contributed by atoms with E-state index in [1.165, 1.54) is 11.1 Å². The summed E-state index contributed by atoms with van der Waals surface area (Å²) in [5.41, 5.74) is 5.18. The third kappa shape index (κ3) is 5.51. The standard InChI is InChI=1S/C31H34N4O/c1-35(2)29-20-30(34-28-11-7-6-10-27(28)29)33-26-18-12-22(13-19-26)21-32-31(36)25-16-14-24(15-17-25)23-8-4-3-5-9-23/h3-11,14-17,20,22,26H,12-13,18-19,21H2,1-2H3,(H,32,36)(H,33,34). The van der Waals surface area contributed by atoms with Crippen molar-refractivity contribution in [3.05, 3.63) is 90.5 Å². The average molecular weight is 479 g/mol. The van der Waals surface area contributed by atoms with Crippen LogP contribution in [0.4, 0.5) is 11.5 Å². The average Bonchev–Trinajstić information content (AvgIpc) is 2.92. The van der Waals surface area contributed by atoms with Crippen molar-refractivity contribution in [2.24, 2.45) is 5.92 Å². The number of pyridine rings is 1. The highest BCUT2D eigenvalue weighted by molar-refractivity contribution is 5.95. The highest BCUT2D eigenvalue weighted by Gasteiger charge is 2.22. The molecule has 1 fully saturated rings. The predicted octanol–water partition coefficient (Wildman–Crippen LogP) is 6.37. The number of aromatic nitrogens is 1. The van der Waals surface area contributed by atoms with E-state index in [1.807, 2.05) is 48.5 Å². The maximum absolute atomic E-state index is 12.7. The van der Waals surface area contributed by atoms with Crippen LogP contribution in [-0.4, -0.2) is 37.6 Å². The van der Waals surface area contributed by atoms with E-state index in [9.17, 15) is 4.79 Å². The molecule has 0 radical (unpaired) electrons. The SMILES string of the molecule is CN(C)c1cc(NC2CCC(CNC(=O)c3ccc(-c4ccccc4)cc3)CC2)nc2ccccc12. The Kier molecular flexibility index (Phi) is 7.17. The fraction of sp³-hybridized carbons (Fsp3) is 0.290. The number of hydrogen-bond donors (Lipinski definition) is 2. The Morgan fingerprint density at radius 1 is 0.861 bits per heavy atom. The molecule has 1 aliphatic rings. The van der Waals surface area contributed by atoms with Gasteiger partial charge in [0.2, 0.25) is 0 Å². The number of amides is 1. The Morgan fingerprint density at radius 3 is 2.25 bits per heavy atom. The summed E-state index contributed by atoms with van der Waals surface area (Å²) < 4.78 is 0. The first-order valence-electron chi connectivity index (χ1n) is 12.8. The van der Waals surface area contributed by atoms with E-state index >= 15 is 0 Å². The summed E-state index contributed by atoms with van der Waals surface area (Å²) in [6, 6.07) is 28.9. The molecular weight excluding hydrogens is 444 g/mol. The highest BCUT2D eigenvalue weighted by atomic mass is 16.1. The van der Waals surface area contributed by atoms with Gasteiger partial charge in [0.25, 0.3) is 5.91 Å². The normalized spacial score (nSPS) is 17.5. The molecular formula is C31H34N4O. The van der Waals surface area contributed by atoms with Gasteiger partial charge in [0, 0.05) is 49.4 Å². The van der Waals surface area contributed by atoms with Gasteiger partial charge >= 0.3 is 0 Å². The summed E-state index contributed by atoms with van der Waals surface area (Å²) in [6.45, 7) is 0.727. The molecule has 0 atom stereocenters. The second kappa shape index (κ2) is 10.8. The summed E-state index contributed by atoms with van der Waals surface area (Å²) >= 11 is 0. The molecule has 0 aliphatic heterocycles. The molecule has 2 N–H and O–H groups in total. The van der Waals surface area contributed by atoms with Gasteiger partial charge in [-0.2, -0.15) is 0 Å². The molecule has 1 aliphatic carbocycles. The van der Waals surface area contributed by atoms with Crippen LogP contribution in [0.3, 0.4) is 0 Å². The molecule has 0 bridgehead atoms. The van der Waals surface area contributed by atoms with E-state index in [4.69, 9.17) is 4.98 Å². The number of carbonyl (C=O) groups is 1. The first-order valence-corrected chi connectivity index (χ1v) is 12.8. The van der Waals surface area contributed by atoms with Gasteiger partial charge < -0.3 is 15.5 Å². The van der Waals surface area contributed by atoms with Crippen molar-refractivity contribution >= 4 is 28.3 Å². The molecule has 5 rings (SSSR count). The number of hydrogen-bond acceptors (Lipinski definition) is 4. The zero-order valence-corrected chi connectivity index (χ0v) is 21.1. The smallest absolute Gasteiger partial charge is 0.251 e. The molecule has 3 aromatic carbocycles. The van der Waals surface area contributed by atoms with Crippen molar-refractivity contribution in [3.8, 4) is 11.1 Å². The van der Waals surface area contributed by atoms with Gasteiger partial charge in [0.15, 0.2) is 0 Å². The summed E-state index contributed by atoms with van der Waals surface area (Å²) in [6.07, 6.45) is 4.36. The van der Waals surface area contributed by atoms with Crippen LogP contribution in [0, 0.1) is 5.92 Å². The van der Waals surface area contributed by atoms with E-state index in [2.05, 4.69) is 66.0 Å². The molecule has 1 aromatic heterocycles. The van der Waals surface area contributed by atoms with Gasteiger partial charge in [0.1, 0.15) is 5.82 Å². The molecule has 184 valence electrons. The zero-order chi connectivity index (χ0) is 24.9. The van der Waals surface area contributed by atoms with Gasteiger partial charge in [-0.3, -0.25) is 4.79 Å². The van der Waals surface area contributed by atoms with Crippen molar-refractivity contribution in [2.75, 3.05) is 30.9 Å². The lowest BCUT2D eigenvalue weighted by atomic mass is 9.86. The lowest BCUT2D eigenvalue weighted by Gasteiger charge is -2.30. The quantitative estimate of drug-likeness (QED) is 0.324. The minimum absolute atomic E-state index is 0.00596. The van der Waals surface area contributed by atoms with Crippen LogP contribution in [0.15, 0.2) is 84.9 Å². The lowest BCUT2D eigenvalue weighted by molar-refractivity contribution is 0.0943. The monoisotopic (exact) mass is 478 g/mol. The number of rotatable bonds is 7. The molecule has 5 nitrogen and oxygen atoms in total. The van der Waals surface area contributed by atoms with Crippen LogP contribution in [-0.2, 0) is 0 Å². The van der Waals surface area contributed by atoms with Crippen molar-refractivity contribution < 1.29 is 4.79 Å². The van der Waals surface area contributed by atoms with Crippen LogP contribution in [0.2, 0.25) is 0 Å². The molecule has 0 spiro atoms. The summed E-state index contributed by atoms with van der Waals surface area (Å²) in [5.74, 6) is 1.46. The topological polar surface area (TPSA) is 57.3 Å². The third-order valence-electron chi connectivity index (χ3n) is 7.18. The van der Waals surface area contributed by atoms with Crippen LogP contribution in [0.1, 0.15) is 36.0 Å². The third-order valence-corrected chi connectivity index (χ3v) is 7.18. The minimum Gasteiger partial charge on any atom is -0.377 e. The second-order valence-corrected chi connectivity index (χ2v) is 9.95. The number of nitrogens with zero attached hydrogens (tertiary/aromatic N) is 2. The molecule has 0 saturated heterocycles. The predicted molar refractivity (Wildman–Crippen MR) is 150 cm³/mol. The molecule has 1 heterocycles. The van der Waals surface area contributed by atoms with Crippen LogP contribution in [0.25, 0.3) is 22.0 Å². The lowest BCUT2D eigenvalue weighted by Crippen LogP contribution is -2.34. The van der Waals surface area contributed by atoms with Crippen LogP contribution < -0.4 is 15.5 Å². The van der Waals surface area contributed by atoms with Crippen molar-refractivity contribution in [2.45, 2.75) is 31.7 Å². The molecule has 4 aromatic rings. The number of fused-ring (bicyclic) bond motifs is 1. The van der Waals surface area contributed by atoms with Crippen molar-refractivity contribution in [3.63, 3.8) is 0 Å². The Balaban J connectivity index is 1.12. The fourth-order valence-corrected chi connectivity index (χ4v) is 5.10. The molecule has 1 saturated carbocycles. The van der Waals surface area contributed by atoms with E-state index < -0.39 is 0 Å². The molecule has 0 unspecified atom stereocenters. The van der Waals surface area contributed by atoms with Gasteiger partial charge in [0.05, 0.1) is 5.52 Å². The first kappa shape index (κ1) is 23.9. The van der Waals surface area contributed by atoms with Crippen LogP contribution in [0.5, 0.6) is 0 Å². The number of carbonyl (C=O) groups excluding carboxylic acids is 1. The van der Waals surface area contributed by atoms with Crippen molar-refractivity contribution in [1.82, 2.24) is 10.3 Å². The summed E-state index contributed by atoms with van der Waals surface area (Å²) in [5, 5.41) is 8.00. The number of anilines is 2. The van der Waals surface area contributed by atoms with E-state index in [-0.39, 0.29) is 5.91 Å². The van der Waals surface area contributed by atoms with Crippen LogP contribution >= 0.6 is 0 Å². The van der Waals surface area contributed by atoms with Gasteiger partial charge in [-0.05, 0) is 60.9 Å². The summed E-state index contributed by atoms with van der Waals surface area (Å²) in [7, 11) is 4.14. The first-order chi connectivity index (χ1) is 17.6. The number of benzene rings is 3. The largest absolute Gasteiger partial charge is 0.377 e. The zero-order valence-electron chi connectivity index (χ0n) is 21.1. The van der Waals surface area contributed by atoms with Gasteiger partial charge in [-0.25, -0.2) is 4.98 Å². The summed E-state index contributed by atoms with van der Waals surface area (Å²) in [4.78, 5) is 19.7.